The number of Topliss-reactive ketones (excluding diaryl/α,β-unsaturated/α-hetero) is 1. The lowest BCUT2D eigenvalue weighted by atomic mass is 10.0. The number of ketones is 1. The van der Waals surface area contributed by atoms with Crippen molar-refractivity contribution in [3.8, 4) is 5.75 Å². The molecule has 1 amide bonds. The van der Waals surface area contributed by atoms with Crippen molar-refractivity contribution in [1.29, 1.82) is 0 Å². The summed E-state index contributed by atoms with van der Waals surface area (Å²) >= 11 is 0. The number of nitrogens with zero attached hydrogens (tertiary/aromatic N) is 1. The molecular weight excluding hydrogens is 428 g/mol. The fourth-order valence-corrected chi connectivity index (χ4v) is 3.21. The number of ether oxygens (including phenoxy) is 2. The zero-order valence-corrected chi connectivity index (χ0v) is 18.9. The fourth-order valence-electron chi connectivity index (χ4n) is 3.21. The molecule has 0 aliphatic rings. The molecule has 1 N–H and O–H groups in total. The summed E-state index contributed by atoms with van der Waals surface area (Å²) in [6, 6.07) is 11.5. The summed E-state index contributed by atoms with van der Waals surface area (Å²) in [5, 5.41) is 14.1. The highest BCUT2D eigenvalue weighted by atomic mass is 16.6. The van der Waals surface area contributed by atoms with Gasteiger partial charge in [-0.25, -0.2) is 0 Å². The van der Waals surface area contributed by atoms with Gasteiger partial charge in [-0.05, 0) is 45.0 Å². The van der Waals surface area contributed by atoms with Crippen molar-refractivity contribution in [2.24, 2.45) is 0 Å². The Labute approximate surface area is 192 Å². The molecule has 176 valence electrons. The van der Waals surface area contributed by atoms with Crippen LogP contribution in [0.1, 0.15) is 62.0 Å². The van der Waals surface area contributed by atoms with Crippen LogP contribution in [0.4, 0.5) is 5.69 Å². The van der Waals surface area contributed by atoms with Gasteiger partial charge in [-0.3, -0.25) is 24.5 Å². The quantitative estimate of drug-likeness (QED) is 0.220. The third kappa shape index (κ3) is 8.03. The zero-order valence-electron chi connectivity index (χ0n) is 18.9. The average Bonchev–Trinajstić information content (AvgIpc) is 2.77. The molecule has 9 nitrogen and oxygen atoms in total. The number of para-hydroxylation sites is 1. The second kappa shape index (κ2) is 12.3. The molecule has 2 aromatic carbocycles. The van der Waals surface area contributed by atoms with Gasteiger partial charge in [0.2, 0.25) is 5.91 Å². The standard InChI is InChI=1S/C24H28N2O7/c1-4-32-18-11-9-17(10-12-18)22(27)13-14-23(28)25-20(15-24(29)33-16(2)3)19-7-5-6-8-21(19)26(30)31/h5-12,16,20H,4,13-15H2,1-3H3,(H,25,28). The molecule has 0 bridgehead atoms. The lowest BCUT2D eigenvalue weighted by molar-refractivity contribution is -0.385. The Balaban J connectivity index is 2.08. The Morgan fingerprint density at radius 1 is 1.03 bits per heavy atom. The van der Waals surface area contributed by atoms with Gasteiger partial charge < -0.3 is 14.8 Å². The molecule has 0 aliphatic carbocycles. The van der Waals surface area contributed by atoms with Crippen LogP contribution in [0.2, 0.25) is 0 Å². The molecule has 2 rings (SSSR count). The third-order valence-corrected chi connectivity index (χ3v) is 4.65. The molecular formula is C24H28N2O7. The molecule has 33 heavy (non-hydrogen) atoms. The number of carbonyl (C=O) groups is 3. The first-order valence-corrected chi connectivity index (χ1v) is 10.7. The average molecular weight is 456 g/mol. The lowest BCUT2D eigenvalue weighted by Gasteiger charge is -2.19. The smallest absolute Gasteiger partial charge is 0.308 e. The minimum Gasteiger partial charge on any atom is -0.494 e. The second-order valence-corrected chi connectivity index (χ2v) is 7.56. The van der Waals surface area contributed by atoms with E-state index in [0.29, 0.717) is 17.9 Å². The highest BCUT2D eigenvalue weighted by Crippen LogP contribution is 2.28. The molecule has 0 saturated carbocycles. The van der Waals surface area contributed by atoms with Crippen LogP contribution in [0.5, 0.6) is 5.75 Å². The molecule has 1 unspecified atom stereocenters. The van der Waals surface area contributed by atoms with Gasteiger partial charge in [0.1, 0.15) is 5.75 Å². The van der Waals surface area contributed by atoms with E-state index in [1.165, 1.54) is 18.2 Å². The van der Waals surface area contributed by atoms with Crippen LogP contribution in [0.25, 0.3) is 0 Å². The van der Waals surface area contributed by atoms with Gasteiger partial charge in [0, 0.05) is 24.5 Å². The van der Waals surface area contributed by atoms with Crippen LogP contribution >= 0.6 is 0 Å². The van der Waals surface area contributed by atoms with Crippen LogP contribution in [0.15, 0.2) is 48.5 Å². The van der Waals surface area contributed by atoms with Gasteiger partial charge in [-0.15, -0.1) is 0 Å². The predicted octanol–water partition coefficient (Wildman–Crippen LogP) is 4.16. The number of rotatable bonds is 12. The minimum absolute atomic E-state index is 0.0557. The molecule has 0 spiro atoms. The Morgan fingerprint density at radius 2 is 1.70 bits per heavy atom. The number of amides is 1. The number of esters is 1. The molecule has 0 radical (unpaired) electrons. The van der Waals surface area contributed by atoms with E-state index in [-0.39, 0.29) is 42.4 Å². The van der Waals surface area contributed by atoms with Crippen molar-refractivity contribution < 1.29 is 28.8 Å². The Hall–Kier alpha value is -3.75. The second-order valence-electron chi connectivity index (χ2n) is 7.56. The van der Waals surface area contributed by atoms with E-state index in [0.717, 1.165) is 0 Å². The fraction of sp³-hybridized carbons (Fsp3) is 0.375. The molecule has 0 aromatic heterocycles. The van der Waals surface area contributed by atoms with Gasteiger partial charge in [0.05, 0.1) is 35.7 Å². The number of nitro benzene ring substituents is 1. The summed E-state index contributed by atoms with van der Waals surface area (Å²) in [4.78, 5) is 48.1. The summed E-state index contributed by atoms with van der Waals surface area (Å²) < 4.78 is 10.5. The van der Waals surface area contributed by atoms with Crippen molar-refractivity contribution in [1.82, 2.24) is 5.32 Å². The van der Waals surface area contributed by atoms with Gasteiger partial charge in [-0.1, -0.05) is 18.2 Å². The summed E-state index contributed by atoms with van der Waals surface area (Å²) in [5.41, 5.74) is 0.419. The van der Waals surface area contributed by atoms with E-state index < -0.39 is 22.8 Å². The third-order valence-electron chi connectivity index (χ3n) is 4.65. The summed E-state index contributed by atoms with van der Waals surface area (Å²) in [6.07, 6.45) is -0.838. The predicted molar refractivity (Wildman–Crippen MR) is 121 cm³/mol. The number of carbonyl (C=O) groups excluding carboxylic acids is 3. The maximum Gasteiger partial charge on any atom is 0.308 e. The van der Waals surface area contributed by atoms with Crippen LogP contribution in [-0.2, 0) is 14.3 Å². The van der Waals surface area contributed by atoms with E-state index in [1.54, 1.807) is 44.2 Å². The number of nitro groups is 1. The van der Waals surface area contributed by atoms with Crippen molar-refractivity contribution >= 4 is 23.3 Å². The monoisotopic (exact) mass is 456 g/mol. The topological polar surface area (TPSA) is 125 Å². The van der Waals surface area contributed by atoms with E-state index >= 15 is 0 Å². The Morgan fingerprint density at radius 3 is 2.30 bits per heavy atom. The normalized spacial score (nSPS) is 11.5. The van der Waals surface area contributed by atoms with Crippen LogP contribution in [-0.4, -0.2) is 35.3 Å². The molecule has 2 aromatic rings. The molecule has 0 fully saturated rings. The van der Waals surface area contributed by atoms with Crippen molar-refractivity contribution in [3.63, 3.8) is 0 Å². The first kappa shape index (κ1) is 25.5. The van der Waals surface area contributed by atoms with Gasteiger partial charge in [-0.2, -0.15) is 0 Å². The van der Waals surface area contributed by atoms with Gasteiger partial charge in [0.25, 0.3) is 5.69 Å². The maximum atomic E-state index is 12.6. The zero-order chi connectivity index (χ0) is 24.4. The SMILES string of the molecule is CCOc1ccc(C(=O)CCC(=O)NC(CC(=O)OC(C)C)c2ccccc2[N+](=O)[O-])cc1. The number of hydrogen-bond donors (Lipinski definition) is 1. The van der Waals surface area contributed by atoms with E-state index in [1.807, 2.05) is 6.92 Å². The number of nitrogens with one attached hydrogen (secondary N) is 1. The van der Waals surface area contributed by atoms with Crippen molar-refractivity contribution in [2.75, 3.05) is 6.61 Å². The first-order valence-electron chi connectivity index (χ1n) is 10.7. The van der Waals surface area contributed by atoms with E-state index in [2.05, 4.69) is 5.32 Å². The summed E-state index contributed by atoms with van der Waals surface area (Å²) in [6.45, 7) is 5.74. The molecule has 9 heteroatoms. The molecule has 0 aliphatic heterocycles. The summed E-state index contributed by atoms with van der Waals surface area (Å²) in [7, 11) is 0. The minimum atomic E-state index is -0.967. The lowest BCUT2D eigenvalue weighted by Crippen LogP contribution is -2.31. The number of hydrogen-bond acceptors (Lipinski definition) is 7. The van der Waals surface area contributed by atoms with Gasteiger partial charge in [0.15, 0.2) is 5.78 Å². The summed E-state index contributed by atoms with van der Waals surface area (Å²) in [5.74, 6) is -0.685. The molecule has 1 atom stereocenters. The van der Waals surface area contributed by atoms with Crippen LogP contribution in [0, 0.1) is 10.1 Å². The Kier molecular flexibility index (Phi) is 9.53. The van der Waals surface area contributed by atoms with Crippen molar-refractivity contribution in [2.45, 2.75) is 52.2 Å². The highest BCUT2D eigenvalue weighted by molar-refractivity contribution is 5.98. The van der Waals surface area contributed by atoms with Crippen LogP contribution in [0.3, 0.4) is 0 Å². The Bertz CT molecular complexity index is 987. The largest absolute Gasteiger partial charge is 0.494 e. The first-order chi connectivity index (χ1) is 15.7. The molecule has 0 saturated heterocycles. The maximum absolute atomic E-state index is 12.6. The van der Waals surface area contributed by atoms with E-state index in [4.69, 9.17) is 9.47 Å². The highest BCUT2D eigenvalue weighted by Gasteiger charge is 2.26. The van der Waals surface area contributed by atoms with Crippen LogP contribution < -0.4 is 10.1 Å². The number of benzene rings is 2. The van der Waals surface area contributed by atoms with Crippen molar-refractivity contribution in [3.05, 3.63) is 69.8 Å². The van der Waals surface area contributed by atoms with E-state index in [9.17, 15) is 24.5 Å². The molecule has 0 heterocycles. The van der Waals surface area contributed by atoms with Gasteiger partial charge >= 0.3 is 5.97 Å².